The maximum Gasteiger partial charge on any atom is 0.228 e. The summed E-state index contributed by atoms with van der Waals surface area (Å²) in [5.41, 5.74) is 1.47. The summed E-state index contributed by atoms with van der Waals surface area (Å²) >= 11 is 0. The number of benzene rings is 1. The van der Waals surface area contributed by atoms with Gasteiger partial charge in [0.2, 0.25) is 11.8 Å². The van der Waals surface area contributed by atoms with Crippen molar-refractivity contribution in [2.24, 2.45) is 11.8 Å². The van der Waals surface area contributed by atoms with Crippen molar-refractivity contribution in [3.63, 3.8) is 0 Å². The van der Waals surface area contributed by atoms with E-state index >= 15 is 0 Å². The molecule has 1 aromatic carbocycles. The van der Waals surface area contributed by atoms with Crippen molar-refractivity contribution in [1.29, 1.82) is 0 Å². The summed E-state index contributed by atoms with van der Waals surface area (Å²) in [6.45, 7) is 2.77. The van der Waals surface area contributed by atoms with Gasteiger partial charge >= 0.3 is 0 Å². The maximum absolute atomic E-state index is 12.3. The van der Waals surface area contributed by atoms with Crippen LogP contribution in [0.3, 0.4) is 0 Å². The lowest BCUT2D eigenvalue weighted by atomic mass is 10.2. The van der Waals surface area contributed by atoms with Crippen molar-refractivity contribution in [2.75, 3.05) is 11.9 Å². The lowest BCUT2D eigenvalue weighted by Gasteiger charge is -2.08. The Morgan fingerprint density at radius 3 is 2.78 bits per heavy atom. The average molecular weight is 311 g/mol. The second-order valence-electron chi connectivity index (χ2n) is 5.96. The van der Waals surface area contributed by atoms with Crippen LogP contribution in [0.25, 0.3) is 10.9 Å². The van der Waals surface area contributed by atoms with Gasteiger partial charge in [0.25, 0.3) is 0 Å². The number of pyridine rings is 1. The molecule has 1 aliphatic carbocycles. The second kappa shape index (κ2) is 6.77. The largest absolute Gasteiger partial charge is 0.356 e. The predicted molar refractivity (Wildman–Crippen MR) is 89.9 cm³/mol. The first kappa shape index (κ1) is 15.5. The fourth-order valence-electron chi connectivity index (χ4n) is 2.72. The van der Waals surface area contributed by atoms with Gasteiger partial charge in [-0.3, -0.25) is 14.6 Å². The summed E-state index contributed by atoms with van der Waals surface area (Å²) in [6, 6.07) is 9.51. The minimum atomic E-state index is -0.226. The number of carbonyl (C=O) groups excluding carboxylic acids is 2. The van der Waals surface area contributed by atoms with Crippen LogP contribution in [-0.2, 0) is 9.59 Å². The molecule has 2 atom stereocenters. The van der Waals surface area contributed by atoms with Gasteiger partial charge in [0.15, 0.2) is 0 Å². The molecule has 0 spiro atoms. The van der Waals surface area contributed by atoms with Crippen LogP contribution in [-0.4, -0.2) is 23.3 Å². The van der Waals surface area contributed by atoms with E-state index in [9.17, 15) is 9.59 Å². The van der Waals surface area contributed by atoms with Crippen LogP contribution < -0.4 is 10.6 Å². The van der Waals surface area contributed by atoms with Crippen LogP contribution in [0, 0.1) is 11.8 Å². The minimum absolute atomic E-state index is 0.00496. The quantitative estimate of drug-likeness (QED) is 0.806. The summed E-state index contributed by atoms with van der Waals surface area (Å²) in [4.78, 5) is 28.6. The number of nitrogens with one attached hydrogen (secondary N) is 2. The number of nitrogens with zero attached hydrogens (tertiary/aromatic N) is 1. The Morgan fingerprint density at radius 1 is 1.17 bits per heavy atom. The van der Waals surface area contributed by atoms with E-state index in [0.29, 0.717) is 18.7 Å². The highest BCUT2D eigenvalue weighted by atomic mass is 16.2. The van der Waals surface area contributed by atoms with Crippen molar-refractivity contribution in [3.8, 4) is 0 Å². The van der Waals surface area contributed by atoms with Gasteiger partial charge in [-0.1, -0.05) is 31.5 Å². The minimum Gasteiger partial charge on any atom is -0.356 e. The first-order valence-electron chi connectivity index (χ1n) is 8.13. The molecule has 1 saturated carbocycles. The van der Waals surface area contributed by atoms with Gasteiger partial charge in [-0.25, -0.2) is 0 Å². The van der Waals surface area contributed by atoms with Crippen molar-refractivity contribution < 1.29 is 9.59 Å². The third kappa shape index (κ3) is 3.50. The molecule has 5 heteroatoms. The number of aromatic nitrogens is 1. The number of hydrogen-bond donors (Lipinski definition) is 2. The van der Waals surface area contributed by atoms with Crippen LogP contribution in [0.15, 0.2) is 36.5 Å². The molecule has 120 valence electrons. The van der Waals surface area contributed by atoms with Crippen LogP contribution in [0.1, 0.15) is 26.2 Å². The number of unbranched alkanes of at least 4 members (excludes halogenated alkanes) is 1. The monoisotopic (exact) mass is 311 g/mol. The first-order chi connectivity index (χ1) is 11.2. The molecule has 1 fully saturated rings. The smallest absolute Gasteiger partial charge is 0.228 e. The van der Waals surface area contributed by atoms with E-state index in [1.807, 2.05) is 30.3 Å². The van der Waals surface area contributed by atoms with Crippen LogP contribution in [0.4, 0.5) is 5.69 Å². The predicted octanol–water partition coefficient (Wildman–Crippen LogP) is 2.73. The van der Waals surface area contributed by atoms with Crippen LogP contribution in [0.2, 0.25) is 0 Å². The lowest BCUT2D eigenvalue weighted by molar-refractivity contribution is -0.125. The number of anilines is 1. The molecule has 2 aromatic rings. The van der Waals surface area contributed by atoms with Crippen molar-refractivity contribution in [2.45, 2.75) is 26.2 Å². The molecule has 0 bridgehead atoms. The molecule has 2 unspecified atom stereocenters. The number of hydrogen-bond acceptors (Lipinski definition) is 3. The summed E-state index contributed by atoms with van der Waals surface area (Å²) < 4.78 is 0. The molecular weight excluding hydrogens is 290 g/mol. The molecule has 2 amide bonds. The topological polar surface area (TPSA) is 71.1 Å². The molecule has 1 aliphatic rings. The highest BCUT2D eigenvalue weighted by Crippen LogP contribution is 2.39. The lowest BCUT2D eigenvalue weighted by Crippen LogP contribution is -2.28. The van der Waals surface area contributed by atoms with Crippen molar-refractivity contribution in [1.82, 2.24) is 10.3 Å². The number of amides is 2. The summed E-state index contributed by atoms with van der Waals surface area (Å²) in [5, 5.41) is 6.79. The van der Waals surface area contributed by atoms with Gasteiger partial charge in [0, 0.05) is 18.1 Å². The standard InChI is InChI=1S/C18H21N3O2/c1-2-3-9-20-17(22)13-11-14(13)18(23)21-15-8-4-6-12-7-5-10-19-16(12)15/h4-8,10,13-14H,2-3,9,11H2,1H3,(H,20,22)(H,21,23). The van der Waals surface area contributed by atoms with E-state index < -0.39 is 0 Å². The second-order valence-corrected chi connectivity index (χ2v) is 5.96. The Balaban J connectivity index is 1.61. The fraction of sp³-hybridized carbons (Fsp3) is 0.389. The molecule has 0 saturated heterocycles. The van der Waals surface area contributed by atoms with Gasteiger partial charge in [-0.2, -0.15) is 0 Å². The van der Waals surface area contributed by atoms with E-state index in [-0.39, 0.29) is 23.7 Å². The van der Waals surface area contributed by atoms with Gasteiger partial charge in [0.05, 0.1) is 23.0 Å². The molecule has 1 aromatic heterocycles. The SMILES string of the molecule is CCCCNC(=O)C1CC1C(=O)Nc1cccc2cccnc12. The van der Waals surface area contributed by atoms with E-state index in [0.717, 1.165) is 23.7 Å². The number of rotatable bonds is 6. The van der Waals surface area contributed by atoms with E-state index in [2.05, 4.69) is 22.5 Å². The fourth-order valence-corrected chi connectivity index (χ4v) is 2.72. The highest BCUT2D eigenvalue weighted by molar-refractivity contribution is 6.04. The number of para-hydroxylation sites is 1. The first-order valence-corrected chi connectivity index (χ1v) is 8.13. The zero-order valence-corrected chi connectivity index (χ0v) is 13.2. The Bertz CT molecular complexity index is 724. The third-order valence-corrected chi connectivity index (χ3v) is 4.18. The van der Waals surface area contributed by atoms with Crippen molar-refractivity contribution in [3.05, 3.63) is 36.5 Å². The molecule has 0 aliphatic heterocycles. The zero-order chi connectivity index (χ0) is 16.2. The summed E-state index contributed by atoms with van der Waals surface area (Å²) in [6.07, 6.45) is 4.35. The molecular formula is C18H21N3O2. The Hall–Kier alpha value is -2.43. The third-order valence-electron chi connectivity index (χ3n) is 4.18. The maximum atomic E-state index is 12.3. The Morgan fingerprint density at radius 2 is 1.96 bits per heavy atom. The summed E-state index contributed by atoms with van der Waals surface area (Å²) in [5.74, 6) is -0.515. The van der Waals surface area contributed by atoms with Crippen molar-refractivity contribution >= 4 is 28.4 Å². The van der Waals surface area contributed by atoms with Gasteiger partial charge < -0.3 is 10.6 Å². The number of carbonyl (C=O) groups is 2. The highest BCUT2D eigenvalue weighted by Gasteiger charge is 2.47. The Labute approximate surface area is 135 Å². The molecule has 23 heavy (non-hydrogen) atoms. The van der Waals surface area contributed by atoms with E-state index in [1.54, 1.807) is 6.20 Å². The Kier molecular flexibility index (Phi) is 4.55. The average Bonchev–Trinajstić information content (AvgIpc) is 3.36. The van der Waals surface area contributed by atoms with Gasteiger partial charge in [-0.05, 0) is 25.0 Å². The van der Waals surface area contributed by atoms with Gasteiger partial charge in [-0.15, -0.1) is 0 Å². The van der Waals surface area contributed by atoms with Gasteiger partial charge in [0.1, 0.15) is 0 Å². The molecule has 0 radical (unpaired) electrons. The van der Waals surface area contributed by atoms with Crippen LogP contribution >= 0.6 is 0 Å². The normalized spacial score (nSPS) is 19.3. The molecule has 3 rings (SSSR count). The molecule has 1 heterocycles. The zero-order valence-electron chi connectivity index (χ0n) is 13.2. The van der Waals surface area contributed by atoms with E-state index in [1.165, 1.54) is 0 Å². The summed E-state index contributed by atoms with van der Waals surface area (Å²) in [7, 11) is 0. The molecule has 5 nitrogen and oxygen atoms in total. The van der Waals surface area contributed by atoms with E-state index in [4.69, 9.17) is 0 Å². The van der Waals surface area contributed by atoms with Crippen LogP contribution in [0.5, 0.6) is 0 Å². The number of fused-ring (bicyclic) bond motifs is 1. The molecule has 2 N–H and O–H groups in total.